The lowest BCUT2D eigenvalue weighted by atomic mass is 10.1. The highest BCUT2D eigenvalue weighted by molar-refractivity contribution is 5.96. The molecular formula is C12H16N2O3. The average molecular weight is 236 g/mol. The molecule has 1 aliphatic rings. The van der Waals surface area contributed by atoms with Gasteiger partial charge in [-0.25, -0.2) is 4.98 Å². The van der Waals surface area contributed by atoms with Gasteiger partial charge < -0.3 is 14.7 Å². The first kappa shape index (κ1) is 11.9. The van der Waals surface area contributed by atoms with E-state index < -0.39 is 0 Å². The maximum atomic E-state index is 11.8. The van der Waals surface area contributed by atoms with Crippen LogP contribution in [0.25, 0.3) is 0 Å². The topological polar surface area (TPSA) is 62.7 Å². The Balaban J connectivity index is 2.26. The van der Waals surface area contributed by atoms with E-state index >= 15 is 0 Å². The predicted molar refractivity (Wildman–Crippen MR) is 63.1 cm³/mol. The van der Waals surface area contributed by atoms with Crippen molar-refractivity contribution in [2.75, 3.05) is 25.2 Å². The Morgan fingerprint density at radius 3 is 2.94 bits per heavy atom. The Labute approximate surface area is 100 Å². The van der Waals surface area contributed by atoms with Crippen LogP contribution in [0.3, 0.4) is 0 Å². The van der Waals surface area contributed by atoms with Crippen LogP contribution in [0.15, 0.2) is 12.3 Å². The van der Waals surface area contributed by atoms with Gasteiger partial charge in [0.2, 0.25) is 11.8 Å². The number of amides is 1. The highest BCUT2D eigenvalue weighted by atomic mass is 16.5. The summed E-state index contributed by atoms with van der Waals surface area (Å²) >= 11 is 0. The summed E-state index contributed by atoms with van der Waals surface area (Å²) in [6.45, 7) is 2.52. The number of anilines is 1. The molecule has 1 aliphatic heterocycles. The van der Waals surface area contributed by atoms with E-state index in [9.17, 15) is 4.79 Å². The van der Waals surface area contributed by atoms with Crippen molar-refractivity contribution in [2.45, 2.75) is 13.3 Å². The second-order valence-corrected chi connectivity index (χ2v) is 4.27. The summed E-state index contributed by atoms with van der Waals surface area (Å²) in [5.41, 5.74) is 1.75. The fourth-order valence-corrected chi connectivity index (χ4v) is 2.05. The average Bonchev–Trinajstić information content (AvgIpc) is 2.70. The van der Waals surface area contributed by atoms with Crippen molar-refractivity contribution < 1.29 is 14.6 Å². The van der Waals surface area contributed by atoms with E-state index in [4.69, 9.17) is 9.84 Å². The van der Waals surface area contributed by atoms with Gasteiger partial charge in [-0.2, -0.15) is 0 Å². The minimum absolute atomic E-state index is 0.0315. The molecule has 0 bridgehead atoms. The number of rotatable bonds is 3. The molecule has 2 rings (SSSR count). The minimum Gasteiger partial charge on any atom is -0.481 e. The Bertz CT molecular complexity index is 434. The number of aliphatic hydroxyl groups excluding tert-OH is 1. The maximum absolute atomic E-state index is 11.8. The first-order valence-corrected chi connectivity index (χ1v) is 5.57. The Morgan fingerprint density at radius 1 is 1.65 bits per heavy atom. The number of carbonyl (C=O) groups is 1. The van der Waals surface area contributed by atoms with Gasteiger partial charge in [-0.15, -0.1) is 0 Å². The third-order valence-corrected chi connectivity index (χ3v) is 3.02. The van der Waals surface area contributed by atoms with Gasteiger partial charge in [0.1, 0.15) is 0 Å². The summed E-state index contributed by atoms with van der Waals surface area (Å²) in [6, 6.07) is 1.80. The standard InChI is InChI=1S/C12H16N2O3/c1-8-3-11(17-2)13-5-10(8)14-6-9(7-15)4-12(14)16/h3,5,9,15H,4,6-7H2,1-2H3. The molecule has 5 nitrogen and oxygen atoms in total. The van der Waals surface area contributed by atoms with Crippen LogP contribution in [0.2, 0.25) is 0 Å². The molecule has 1 amide bonds. The lowest BCUT2D eigenvalue weighted by Gasteiger charge is -2.18. The second kappa shape index (κ2) is 4.71. The number of aromatic nitrogens is 1. The maximum Gasteiger partial charge on any atom is 0.227 e. The molecule has 0 aliphatic carbocycles. The molecule has 1 N–H and O–H groups in total. The van der Waals surface area contributed by atoms with Gasteiger partial charge in [0.15, 0.2) is 0 Å². The Hall–Kier alpha value is -1.62. The van der Waals surface area contributed by atoms with Crippen LogP contribution in [0.1, 0.15) is 12.0 Å². The molecule has 1 unspecified atom stereocenters. The summed E-state index contributed by atoms with van der Waals surface area (Å²) in [6.07, 6.45) is 2.05. The zero-order valence-corrected chi connectivity index (χ0v) is 10.0. The highest BCUT2D eigenvalue weighted by Crippen LogP contribution is 2.28. The van der Waals surface area contributed by atoms with E-state index in [1.165, 1.54) is 0 Å². The van der Waals surface area contributed by atoms with Crippen LogP contribution < -0.4 is 9.64 Å². The molecule has 0 radical (unpaired) electrons. The number of hydrogen-bond acceptors (Lipinski definition) is 4. The largest absolute Gasteiger partial charge is 0.481 e. The van der Waals surface area contributed by atoms with Crippen LogP contribution >= 0.6 is 0 Å². The van der Waals surface area contributed by atoms with E-state index in [0.29, 0.717) is 18.8 Å². The SMILES string of the molecule is COc1cc(C)c(N2CC(CO)CC2=O)cn1. The number of methoxy groups -OCH3 is 1. The van der Waals surface area contributed by atoms with Crippen LogP contribution in [-0.4, -0.2) is 36.3 Å². The summed E-state index contributed by atoms with van der Waals surface area (Å²) in [7, 11) is 1.56. The Kier molecular flexibility index (Phi) is 3.28. The molecule has 17 heavy (non-hydrogen) atoms. The lowest BCUT2D eigenvalue weighted by Crippen LogP contribution is -2.25. The fraction of sp³-hybridized carbons (Fsp3) is 0.500. The summed E-state index contributed by atoms with van der Waals surface area (Å²) in [4.78, 5) is 17.6. The monoisotopic (exact) mass is 236 g/mol. The molecule has 0 aromatic carbocycles. The lowest BCUT2D eigenvalue weighted by molar-refractivity contribution is -0.117. The number of pyridine rings is 1. The molecule has 1 atom stereocenters. The first-order valence-electron chi connectivity index (χ1n) is 5.57. The van der Waals surface area contributed by atoms with Gasteiger partial charge in [-0.3, -0.25) is 4.79 Å². The zero-order valence-electron chi connectivity index (χ0n) is 10.0. The van der Waals surface area contributed by atoms with Gasteiger partial charge in [0.25, 0.3) is 0 Å². The molecule has 1 fully saturated rings. The smallest absolute Gasteiger partial charge is 0.227 e. The van der Waals surface area contributed by atoms with Gasteiger partial charge in [0.05, 0.1) is 19.0 Å². The van der Waals surface area contributed by atoms with Crippen LogP contribution in [-0.2, 0) is 4.79 Å². The van der Waals surface area contributed by atoms with Crippen LogP contribution in [0.5, 0.6) is 5.88 Å². The number of ether oxygens (including phenoxy) is 1. The number of hydrogen-bond donors (Lipinski definition) is 1. The van der Waals surface area contributed by atoms with Crippen LogP contribution in [0, 0.1) is 12.8 Å². The van der Waals surface area contributed by atoms with Gasteiger partial charge in [-0.1, -0.05) is 0 Å². The second-order valence-electron chi connectivity index (χ2n) is 4.27. The third-order valence-electron chi connectivity index (χ3n) is 3.02. The number of nitrogens with zero attached hydrogens (tertiary/aromatic N) is 2. The van der Waals surface area contributed by atoms with E-state index in [1.807, 2.05) is 6.92 Å². The molecule has 92 valence electrons. The van der Waals surface area contributed by atoms with E-state index in [-0.39, 0.29) is 18.4 Å². The number of aliphatic hydroxyl groups is 1. The normalized spacial score (nSPS) is 19.8. The molecule has 1 aromatic heterocycles. The van der Waals surface area contributed by atoms with Crippen LogP contribution in [0.4, 0.5) is 5.69 Å². The van der Waals surface area contributed by atoms with Gasteiger partial charge in [-0.05, 0) is 12.5 Å². The van der Waals surface area contributed by atoms with E-state index in [1.54, 1.807) is 24.3 Å². The Morgan fingerprint density at radius 2 is 2.41 bits per heavy atom. The van der Waals surface area contributed by atoms with Crippen molar-refractivity contribution in [3.8, 4) is 5.88 Å². The molecule has 1 saturated heterocycles. The fourth-order valence-electron chi connectivity index (χ4n) is 2.05. The zero-order chi connectivity index (χ0) is 12.4. The highest BCUT2D eigenvalue weighted by Gasteiger charge is 2.31. The van der Waals surface area contributed by atoms with Crippen molar-refractivity contribution in [1.82, 2.24) is 4.98 Å². The van der Waals surface area contributed by atoms with Crippen molar-refractivity contribution in [3.05, 3.63) is 17.8 Å². The van der Waals surface area contributed by atoms with Crippen molar-refractivity contribution in [2.24, 2.45) is 5.92 Å². The molecule has 1 aromatic rings. The minimum atomic E-state index is 0.0315. The molecule has 5 heteroatoms. The van der Waals surface area contributed by atoms with Crippen molar-refractivity contribution >= 4 is 11.6 Å². The van der Waals surface area contributed by atoms with Crippen molar-refractivity contribution in [1.29, 1.82) is 0 Å². The summed E-state index contributed by atoms with van der Waals surface area (Å²) in [5.74, 6) is 0.611. The summed E-state index contributed by atoms with van der Waals surface area (Å²) in [5, 5.41) is 9.09. The molecular weight excluding hydrogens is 220 g/mol. The quantitative estimate of drug-likeness (QED) is 0.841. The predicted octanol–water partition coefficient (Wildman–Crippen LogP) is 0.744. The molecule has 0 spiro atoms. The third kappa shape index (κ3) is 2.24. The molecule has 2 heterocycles. The molecule has 0 saturated carbocycles. The van der Waals surface area contributed by atoms with E-state index in [0.717, 1.165) is 11.3 Å². The van der Waals surface area contributed by atoms with Crippen molar-refractivity contribution in [3.63, 3.8) is 0 Å². The first-order chi connectivity index (χ1) is 8.15. The van der Waals surface area contributed by atoms with E-state index in [2.05, 4.69) is 4.98 Å². The number of carbonyl (C=O) groups excluding carboxylic acids is 1. The van der Waals surface area contributed by atoms with Gasteiger partial charge in [0, 0.05) is 31.6 Å². The number of aryl methyl sites for hydroxylation is 1. The summed E-state index contributed by atoms with van der Waals surface area (Å²) < 4.78 is 5.03. The van der Waals surface area contributed by atoms with Gasteiger partial charge >= 0.3 is 0 Å².